The third-order valence-corrected chi connectivity index (χ3v) is 5.09. The van der Waals surface area contributed by atoms with Crippen LogP contribution in [0.15, 0.2) is 18.2 Å². The summed E-state index contributed by atoms with van der Waals surface area (Å²) in [6.07, 6.45) is 5.28. The van der Waals surface area contributed by atoms with Crippen molar-refractivity contribution in [3.05, 3.63) is 39.7 Å². The average molecular weight is 298 g/mol. The van der Waals surface area contributed by atoms with Crippen LogP contribution in [0.4, 0.5) is 10.1 Å². The van der Waals surface area contributed by atoms with Crippen LogP contribution in [0.5, 0.6) is 0 Å². The Bertz CT molecular complexity index is 541. The predicted octanol–water partition coefficient (Wildman–Crippen LogP) is 2.75. The van der Waals surface area contributed by atoms with E-state index in [1.807, 2.05) is 6.26 Å². The van der Waals surface area contributed by atoms with E-state index in [9.17, 15) is 19.3 Å². The lowest BCUT2D eigenvalue weighted by molar-refractivity contribution is -0.387. The van der Waals surface area contributed by atoms with Crippen molar-refractivity contribution < 1.29 is 14.1 Å². The summed E-state index contributed by atoms with van der Waals surface area (Å²) in [5.41, 5.74) is -0.523. The third-order valence-electron chi connectivity index (χ3n) is 3.68. The molecule has 7 heteroatoms. The van der Waals surface area contributed by atoms with Crippen LogP contribution in [0.2, 0.25) is 0 Å². The van der Waals surface area contributed by atoms with Crippen LogP contribution in [0.25, 0.3) is 0 Å². The van der Waals surface area contributed by atoms with Gasteiger partial charge in [0.15, 0.2) is 0 Å². The van der Waals surface area contributed by atoms with Gasteiger partial charge in [0.1, 0.15) is 0 Å². The van der Waals surface area contributed by atoms with Gasteiger partial charge in [0.25, 0.3) is 5.91 Å². The third kappa shape index (κ3) is 2.92. The highest BCUT2D eigenvalue weighted by atomic mass is 32.2. The van der Waals surface area contributed by atoms with Crippen molar-refractivity contribution in [1.82, 2.24) is 5.32 Å². The number of thioether (sulfide) groups is 1. The first-order valence-corrected chi connectivity index (χ1v) is 7.47. The number of hydrogen-bond donors (Lipinski definition) is 1. The van der Waals surface area contributed by atoms with Crippen LogP contribution < -0.4 is 5.32 Å². The maximum atomic E-state index is 13.5. The van der Waals surface area contributed by atoms with Gasteiger partial charge in [-0.1, -0.05) is 6.42 Å². The molecule has 0 unspecified atom stereocenters. The normalized spacial score (nSPS) is 16.3. The molecule has 0 heterocycles. The minimum Gasteiger partial charge on any atom is -0.351 e. The first-order chi connectivity index (χ1) is 9.47. The number of benzene rings is 1. The zero-order valence-electron chi connectivity index (χ0n) is 11.0. The fourth-order valence-electron chi connectivity index (χ4n) is 2.16. The molecule has 0 spiro atoms. The summed E-state index contributed by atoms with van der Waals surface area (Å²) in [4.78, 5) is 21.6. The summed E-state index contributed by atoms with van der Waals surface area (Å²) < 4.78 is 13.5. The number of rotatable bonds is 5. The SMILES string of the molecule is CSC1(CNC(=O)c2ccc([N+](=O)[O-])c(F)c2)CCC1. The van der Waals surface area contributed by atoms with E-state index in [2.05, 4.69) is 5.32 Å². The van der Waals surface area contributed by atoms with Crippen molar-refractivity contribution in [3.63, 3.8) is 0 Å². The quantitative estimate of drug-likeness (QED) is 0.670. The summed E-state index contributed by atoms with van der Waals surface area (Å²) in [5, 5.41) is 13.3. The van der Waals surface area contributed by atoms with Crippen molar-refractivity contribution in [2.75, 3.05) is 12.8 Å². The lowest BCUT2D eigenvalue weighted by Crippen LogP contribution is -2.45. The molecule has 1 aliphatic rings. The first kappa shape index (κ1) is 14.8. The molecule has 108 valence electrons. The summed E-state index contributed by atoms with van der Waals surface area (Å²) in [6, 6.07) is 3.18. The van der Waals surface area contributed by atoms with Gasteiger partial charge in [0.05, 0.1) is 4.92 Å². The maximum absolute atomic E-state index is 13.5. The van der Waals surface area contributed by atoms with Gasteiger partial charge in [0, 0.05) is 22.9 Å². The van der Waals surface area contributed by atoms with Gasteiger partial charge in [0.2, 0.25) is 5.82 Å². The molecule has 1 saturated carbocycles. The van der Waals surface area contributed by atoms with Gasteiger partial charge < -0.3 is 5.32 Å². The van der Waals surface area contributed by atoms with E-state index >= 15 is 0 Å². The minimum atomic E-state index is -0.995. The van der Waals surface area contributed by atoms with Gasteiger partial charge in [-0.15, -0.1) is 0 Å². The van der Waals surface area contributed by atoms with E-state index in [-0.39, 0.29) is 10.3 Å². The molecule has 1 N–H and O–H groups in total. The molecule has 1 aromatic carbocycles. The van der Waals surface area contributed by atoms with Crippen molar-refractivity contribution >= 4 is 23.4 Å². The fourth-order valence-corrected chi connectivity index (χ4v) is 3.08. The van der Waals surface area contributed by atoms with Crippen LogP contribution in [0, 0.1) is 15.9 Å². The standard InChI is InChI=1S/C13H15FN2O3S/c1-20-13(5-2-6-13)8-15-12(17)9-3-4-11(16(18)19)10(14)7-9/h3-4,7H,2,5-6,8H2,1H3,(H,15,17). The number of nitro groups is 1. The van der Waals surface area contributed by atoms with Crippen molar-refractivity contribution in [2.24, 2.45) is 0 Å². The van der Waals surface area contributed by atoms with Gasteiger partial charge in [-0.25, -0.2) is 0 Å². The first-order valence-electron chi connectivity index (χ1n) is 6.25. The fraction of sp³-hybridized carbons (Fsp3) is 0.462. The molecule has 1 aromatic rings. The number of carbonyl (C=O) groups is 1. The van der Waals surface area contributed by atoms with Crippen LogP contribution >= 0.6 is 11.8 Å². The van der Waals surface area contributed by atoms with Crippen molar-refractivity contribution in [1.29, 1.82) is 0 Å². The monoisotopic (exact) mass is 298 g/mol. The second-order valence-corrected chi connectivity index (χ2v) is 6.12. The molecule has 0 aromatic heterocycles. The highest BCUT2D eigenvalue weighted by molar-refractivity contribution is 8.00. The number of nitro benzene ring substituents is 1. The van der Waals surface area contributed by atoms with E-state index in [1.165, 1.54) is 6.07 Å². The Labute approximate surface area is 120 Å². The number of nitrogens with zero attached hydrogens (tertiary/aromatic N) is 1. The Kier molecular flexibility index (Phi) is 4.27. The molecule has 0 radical (unpaired) electrons. The molecule has 1 aliphatic carbocycles. The summed E-state index contributed by atoms with van der Waals surface area (Å²) >= 11 is 1.73. The van der Waals surface area contributed by atoms with Crippen molar-refractivity contribution in [3.8, 4) is 0 Å². The Balaban J connectivity index is 2.02. The minimum absolute atomic E-state index is 0.0922. The predicted molar refractivity (Wildman–Crippen MR) is 75.5 cm³/mol. The van der Waals surface area contributed by atoms with E-state index in [0.29, 0.717) is 6.54 Å². The van der Waals surface area contributed by atoms with Crippen LogP contribution in [0.1, 0.15) is 29.6 Å². The molecule has 0 bridgehead atoms. The van der Waals surface area contributed by atoms with Gasteiger partial charge in [-0.05, 0) is 31.2 Å². The lowest BCUT2D eigenvalue weighted by atomic mass is 9.84. The van der Waals surface area contributed by atoms with Gasteiger partial charge in [-0.2, -0.15) is 16.2 Å². The zero-order valence-corrected chi connectivity index (χ0v) is 11.8. The highest BCUT2D eigenvalue weighted by Crippen LogP contribution is 2.42. The van der Waals surface area contributed by atoms with Gasteiger partial charge >= 0.3 is 5.69 Å². The molecular weight excluding hydrogens is 283 g/mol. The second-order valence-electron chi connectivity index (χ2n) is 4.85. The molecule has 5 nitrogen and oxygen atoms in total. The average Bonchev–Trinajstić information content (AvgIpc) is 2.37. The smallest absolute Gasteiger partial charge is 0.304 e. The number of amides is 1. The molecular formula is C13H15FN2O3S. The molecule has 0 saturated heterocycles. The van der Waals surface area contributed by atoms with Crippen LogP contribution in [0.3, 0.4) is 0 Å². The molecule has 2 rings (SSSR count). The lowest BCUT2D eigenvalue weighted by Gasteiger charge is -2.40. The Morgan fingerprint density at radius 3 is 2.70 bits per heavy atom. The molecule has 1 amide bonds. The van der Waals surface area contributed by atoms with Gasteiger partial charge in [-0.3, -0.25) is 14.9 Å². The molecule has 20 heavy (non-hydrogen) atoms. The summed E-state index contributed by atoms with van der Waals surface area (Å²) in [7, 11) is 0. The number of halogens is 1. The second kappa shape index (κ2) is 5.78. The molecule has 0 atom stereocenters. The summed E-state index contributed by atoms with van der Waals surface area (Å²) in [5.74, 6) is -1.40. The van der Waals surface area contributed by atoms with E-state index in [0.717, 1.165) is 31.4 Å². The number of hydrogen-bond acceptors (Lipinski definition) is 4. The molecule has 0 aliphatic heterocycles. The Morgan fingerprint density at radius 2 is 2.25 bits per heavy atom. The van der Waals surface area contributed by atoms with Crippen molar-refractivity contribution in [2.45, 2.75) is 24.0 Å². The van der Waals surface area contributed by atoms with Crippen LogP contribution in [-0.2, 0) is 0 Å². The number of carbonyl (C=O) groups excluding carboxylic acids is 1. The highest BCUT2D eigenvalue weighted by Gasteiger charge is 2.36. The Hall–Kier alpha value is -1.63. The maximum Gasteiger partial charge on any atom is 0.304 e. The Morgan fingerprint density at radius 1 is 1.55 bits per heavy atom. The van der Waals surface area contributed by atoms with Crippen LogP contribution in [-0.4, -0.2) is 28.4 Å². The zero-order chi connectivity index (χ0) is 14.8. The van der Waals surface area contributed by atoms with E-state index in [4.69, 9.17) is 0 Å². The molecule has 1 fully saturated rings. The number of nitrogens with one attached hydrogen (secondary N) is 1. The largest absolute Gasteiger partial charge is 0.351 e. The topological polar surface area (TPSA) is 72.2 Å². The van der Waals surface area contributed by atoms with E-state index in [1.54, 1.807) is 11.8 Å². The van der Waals surface area contributed by atoms with E-state index < -0.39 is 22.3 Å². The summed E-state index contributed by atoms with van der Waals surface area (Å²) in [6.45, 7) is 0.533.